The third-order valence-corrected chi connectivity index (χ3v) is 3.25. The zero-order chi connectivity index (χ0) is 11.3. The molecule has 1 saturated carbocycles. The lowest BCUT2D eigenvalue weighted by atomic mass is 9.94. The maximum Gasteiger partial charge on any atom is 0.315 e. The van der Waals surface area contributed by atoms with E-state index in [9.17, 15) is 4.79 Å². The average Bonchev–Trinajstić information content (AvgIpc) is 2.18. The Balaban J connectivity index is 2.44. The smallest absolute Gasteiger partial charge is 0.315 e. The van der Waals surface area contributed by atoms with E-state index in [4.69, 9.17) is 5.73 Å². The second-order valence-corrected chi connectivity index (χ2v) is 5.01. The van der Waals surface area contributed by atoms with Crippen LogP contribution in [-0.4, -0.2) is 23.5 Å². The van der Waals surface area contributed by atoms with Crippen LogP contribution in [0.2, 0.25) is 0 Å². The minimum absolute atomic E-state index is 0.234. The van der Waals surface area contributed by atoms with Crippen LogP contribution in [0.3, 0.4) is 0 Å². The number of urea groups is 1. The Kier molecular flexibility index (Phi) is 4.92. The molecule has 0 spiro atoms. The number of rotatable bonds is 4. The van der Waals surface area contributed by atoms with E-state index in [1.165, 1.54) is 19.3 Å². The third kappa shape index (κ3) is 4.10. The van der Waals surface area contributed by atoms with E-state index in [2.05, 4.69) is 13.8 Å². The van der Waals surface area contributed by atoms with E-state index in [1.54, 1.807) is 0 Å². The fourth-order valence-electron chi connectivity index (χ4n) is 2.26. The zero-order valence-corrected chi connectivity index (χ0v) is 10.0. The van der Waals surface area contributed by atoms with Crippen molar-refractivity contribution in [1.29, 1.82) is 0 Å². The number of nitrogens with two attached hydrogens (primary N) is 1. The molecule has 3 heteroatoms. The molecule has 0 heterocycles. The molecule has 1 aliphatic carbocycles. The first kappa shape index (κ1) is 12.3. The van der Waals surface area contributed by atoms with Crippen LogP contribution < -0.4 is 5.73 Å². The fourth-order valence-corrected chi connectivity index (χ4v) is 2.26. The summed E-state index contributed by atoms with van der Waals surface area (Å²) in [7, 11) is 0. The highest BCUT2D eigenvalue weighted by atomic mass is 16.2. The normalized spacial score (nSPS) is 18.1. The molecule has 2 N–H and O–H groups in total. The van der Waals surface area contributed by atoms with Crippen molar-refractivity contribution in [2.75, 3.05) is 6.54 Å². The van der Waals surface area contributed by atoms with Gasteiger partial charge in [-0.25, -0.2) is 4.79 Å². The molecule has 1 aliphatic rings. The highest BCUT2D eigenvalue weighted by Gasteiger charge is 2.23. The Morgan fingerprint density at radius 2 is 1.93 bits per heavy atom. The molecule has 15 heavy (non-hydrogen) atoms. The van der Waals surface area contributed by atoms with E-state index in [0.717, 1.165) is 25.8 Å². The van der Waals surface area contributed by atoms with E-state index in [1.807, 2.05) is 4.90 Å². The summed E-state index contributed by atoms with van der Waals surface area (Å²) < 4.78 is 0. The van der Waals surface area contributed by atoms with Crippen LogP contribution in [0.1, 0.15) is 52.4 Å². The molecule has 0 atom stereocenters. The lowest BCUT2D eigenvalue weighted by Gasteiger charge is -2.33. The van der Waals surface area contributed by atoms with Gasteiger partial charge in [-0.15, -0.1) is 0 Å². The second kappa shape index (κ2) is 5.99. The molecule has 0 aliphatic heterocycles. The molecular formula is C12H24N2O. The van der Waals surface area contributed by atoms with Crippen molar-refractivity contribution in [3.63, 3.8) is 0 Å². The van der Waals surface area contributed by atoms with Crippen molar-refractivity contribution in [2.24, 2.45) is 11.7 Å². The molecule has 3 nitrogen and oxygen atoms in total. The summed E-state index contributed by atoms with van der Waals surface area (Å²) in [5.41, 5.74) is 5.44. The molecule has 88 valence electrons. The predicted octanol–water partition coefficient (Wildman–Crippen LogP) is 2.75. The van der Waals surface area contributed by atoms with Crippen LogP contribution in [0.15, 0.2) is 0 Å². The van der Waals surface area contributed by atoms with Crippen molar-refractivity contribution in [3.8, 4) is 0 Å². The number of carbonyl (C=O) groups excluding carboxylic acids is 1. The lowest BCUT2D eigenvalue weighted by Crippen LogP contribution is -2.45. The highest BCUT2D eigenvalue weighted by Crippen LogP contribution is 2.23. The van der Waals surface area contributed by atoms with Gasteiger partial charge < -0.3 is 10.6 Å². The summed E-state index contributed by atoms with van der Waals surface area (Å²) >= 11 is 0. The van der Waals surface area contributed by atoms with E-state index >= 15 is 0 Å². The predicted molar refractivity (Wildman–Crippen MR) is 62.6 cm³/mol. The standard InChI is InChI=1S/C12H24N2O/c1-10(2)8-9-14(12(13)15)11-6-4-3-5-7-11/h10-11H,3-9H2,1-2H3,(H2,13,15). The van der Waals surface area contributed by atoms with Gasteiger partial charge in [-0.05, 0) is 25.2 Å². The molecule has 1 fully saturated rings. The summed E-state index contributed by atoms with van der Waals surface area (Å²) in [5, 5.41) is 0. The molecule has 0 aromatic carbocycles. The minimum atomic E-state index is -0.234. The SMILES string of the molecule is CC(C)CCN(C(N)=O)C1CCCCC1. The van der Waals surface area contributed by atoms with Gasteiger partial charge in [0.2, 0.25) is 0 Å². The van der Waals surface area contributed by atoms with E-state index in [-0.39, 0.29) is 6.03 Å². The fraction of sp³-hybridized carbons (Fsp3) is 0.917. The van der Waals surface area contributed by atoms with Crippen LogP contribution in [0.25, 0.3) is 0 Å². The molecule has 0 aromatic rings. The lowest BCUT2D eigenvalue weighted by molar-refractivity contribution is 0.159. The van der Waals surface area contributed by atoms with Gasteiger partial charge in [-0.1, -0.05) is 33.1 Å². The average molecular weight is 212 g/mol. The molecular weight excluding hydrogens is 188 g/mol. The van der Waals surface area contributed by atoms with Crippen molar-refractivity contribution >= 4 is 6.03 Å². The van der Waals surface area contributed by atoms with E-state index in [0.29, 0.717) is 12.0 Å². The molecule has 0 aromatic heterocycles. The third-order valence-electron chi connectivity index (χ3n) is 3.25. The van der Waals surface area contributed by atoms with Crippen molar-refractivity contribution < 1.29 is 4.79 Å². The second-order valence-electron chi connectivity index (χ2n) is 5.01. The summed E-state index contributed by atoms with van der Waals surface area (Å²) in [5.74, 6) is 0.635. The van der Waals surface area contributed by atoms with Gasteiger partial charge in [0.05, 0.1) is 0 Å². The van der Waals surface area contributed by atoms with Crippen molar-refractivity contribution in [2.45, 2.75) is 58.4 Å². The first-order valence-electron chi connectivity index (χ1n) is 6.17. The van der Waals surface area contributed by atoms with Gasteiger partial charge in [-0.3, -0.25) is 0 Å². The summed E-state index contributed by atoms with van der Waals surface area (Å²) in [6.45, 7) is 5.19. The monoisotopic (exact) mass is 212 g/mol. The van der Waals surface area contributed by atoms with Crippen molar-refractivity contribution in [1.82, 2.24) is 4.90 Å². The number of hydrogen-bond acceptors (Lipinski definition) is 1. The topological polar surface area (TPSA) is 46.3 Å². The molecule has 0 bridgehead atoms. The Morgan fingerprint density at radius 3 is 2.40 bits per heavy atom. The Hall–Kier alpha value is -0.730. The van der Waals surface area contributed by atoms with Gasteiger partial charge in [0, 0.05) is 12.6 Å². The Labute approximate surface area is 93.0 Å². The van der Waals surface area contributed by atoms with Crippen LogP contribution in [-0.2, 0) is 0 Å². The largest absolute Gasteiger partial charge is 0.351 e. The molecule has 2 amide bonds. The van der Waals surface area contributed by atoms with Crippen LogP contribution >= 0.6 is 0 Å². The number of nitrogens with zero attached hydrogens (tertiary/aromatic N) is 1. The zero-order valence-electron chi connectivity index (χ0n) is 10.0. The van der Waals surface area contributed by atoms with Crippen LogP contribution in [0, 0.1) is 5.92 Å². The van der Waals surface area contributed by atoms with Gasteiger partial charge >= 0.3 is 6.03 Å². The highest BCUT2D eigenvalue weighted by molar-refractivity contribution is 5.72. The number of primary amides is 1. The summed E-state index contributed by atoms with van der Waals surface area (Å²) in [4.78, 5) is 13.2. The molecule has 1 rings (SSSR count). The Morgan fingerprint density at radius 1 is 1.33 bits per heavy atom. The van der Waals surface area contributed by atoms with Crippen molar-refractivity contribution in [3.05, 3.63) is 0 Å². The Bertz CT molecular complexity index is 198. The van der Waals surface area contributed by atoms with Gasteiger partial charge in [-0.2, -0.15) is 0 Å². The number of carbonyl (C=O) groups is 1. The van der Waals surface area contributed by atoms with Crippen LogP contribution in [0.5, 0.6) is 0 Å². The van der Waals surface area contributed by atoms with Gasteiger partial charge in [0.25, 0.3) is 0 Å². The molecule has 0 saturated heterocycles. The summed E-state index contributed by atoms with van der Waals surface area (Å²) in [6.07, 6.45) is 7.14. The summed E-state index contributed by atoms with van der Waals surface area (Å²) in [6, 6.07) is 0.178. The minimum Gasteiger partial charge on any atom is -0.351 e. The maximum absolute atomic E-state index is 11.4. The molecule has 0 unspecified atom stereocenters. The quantitative estimate of drug-likeness (QED) is 0.765. The van der Waals surface area contributed by atoms with Gasteiger partial charge in [0.1, 0.15) is 0 Å². The number of hydrogen-bond donors (Lipinski definition) is 1. The first-order valence-corrected chi connectivity index (χ1v) is 6.17. The van der Waals surface area contributed by atoms with Crippen LogP contribution in [0.4, 0.5) is 4.79 Å². The maximum atomic E-state index is 11.4. The first-order chi connectivity index (χ1) is 7.11. The van der Waals surface area contributed by atoms with Gasteiger partial charge in [0.15, 0.2) is 0 Å². The number of amides is 2. The van der Waals surface area contributed by atoms with E-state index < -0.39 is 0 Å². The molecule has 0 radical (unpaired) electrons.